The van der Waals surface area contributed by atoms with E-state index in [4.69, 9.17) is 0 Å². The van der Waals surface area contributed by atoms with Crippen molar-refractivity contribution in [2.24, 2.45) is 46.8 Å². The van der Waals surface area contributed by atoms with Crippen LogP contribution in [0.3, 0.4) is 0 Å². The standard InChI is InChI=1S/C30H40N2O/c1-18-4-7-23-21(14-18)6-9-26-25(23)12-13-30(3)27(10-11-28(26)30)19(2)32-17-22-15-20(16-31)5-8-24(22)29(32)33/h5,8,15,18-19,21,23,25-28H,4,6-7,9-14,17H2,1-3H3. The number of nitriles is 1. The molecule has 176 valence electrons. The number of nitrogens with zero attached hydrogens (tertiary/aromatic N) is 2. The summed E-state index contributed by atoms with van der Waals surface area (Å²) in [4.78, 5) is 15.4. The molecule has 3 heteroatoms. The Labute approximate surface area is 199 Å². The van der Waals surface area contributed by atoms with Crippen molar-refractivity contribution in [3.63, 3.8) is 0 Å². The topological polar surface area (TPSA) is 44.1 Å². The smallest absolute Gasteiger partial charge is 0.254 e. The number of hydrogen-bond acceptors (Lipinski definition) is 2. The van der Waals surface area contributed by atoms with E-state index in [1.54, 1.807) is 6.07 Å². The Morgan fingerprint density at radius 1 is 1.06 bits per heavy atom. The molecule has 0 spiro atoms. The number of amides is 1. The second-order valence-electron chi connectivity index (χ2n) is 12.7. The van der Waals surface area contributed by atoms with Crippen LogP contribution in [0, 0.1) is 58.2 Å². The minimum atomic E-state index is 0.180. The van der Waals surface area contributed by atoms with Crippen molar-refractivity contribution in [3.8, 4) is 6.07 Å². The summed E-state index contributed by atoms with van der Waals surface area (Å²) in [6.07, 6.45) is 12.8. The number of fused-ring (bicyclic) bond motifs is 6. The normalized spacial score (nSPS) is 42.7. The largest absolute Gasteiger partial charge is 0.331 e. The van der Waals surface area contributed by atoms with Crippen LogP contribution in [-0.4, -0.2) is 16.8 Å². The van der Waals surface area contributed by atoms with Crippen molar-refractivity contribution >= 4 is 5.91 Å². The highest BCUT2D eigenvalue weighted by Crippen LogP contribution is 2.65. The molecule has 9 unspecified atom stereocenters. The molecule has 6 rings (SSSR count). The molecular weight excluding hydrogens is 404 g/mol. The minimum Gasteiger partial charge on any atom is -0.331 e. The third-order valence-electron chi connectivity index (χ3n) is 11.4. The fourth-order valence-electron chi connectivity index (χ4n) is 9.88. The van der Waals surface area contributed by atoms with Crippen LogP contribution in [0.4, 0.5) is 0 Å². The van der Waals surface area contributed by atoms with Crippen molar-refractivity contribution < 1.29 is 4.79 Å². The number of rotatable bonds is 2. The third-order valence-corrected chi connectivity index (χ3v) is 11.4. The van der Waals surface area contributed by atoms with Gasteiger partial charge in [0.25, 0.3) is 5.91 Å². The van der Waals surface area contributed by atoms with Crippen LogP contribution in [-0.2, 0) is 6.54 Å². The molecule has 33 heavy (non-hydrogen) atoms. The maximum Gasteiger partial charge on any atom is 0.254 e. The van der Waals surface area contributed by atoms with Gasteiger partial charge in [0.05, 0.1) is 11.6 Å². The molecule has 1 aromatic carbocycles. The number of carbonyl (C=O) groups is 1. The Bertz CT molecular complexity index is 994. The van der Waals surface area contributed by atoms with Crippen molar-refractivity contribution in [2.45, 2.75) is 91.1 Å². The summed E-state index contributed by atoms with van der Waals surface area (Å²) in [5.74, 6) is 6.50. The Hall–Kier alpha value is -1.82. The van der Waals surface area contributed by atoms with E-state index >= 15 is 0 Å². The van der Waals surface area contributed by atoms with E-state index in [-0.39, 0.29) is 11.9 Å². The molecule has 1 heterocycles. The molecule has 9 atom stereocenters. The Balaban J connectivity index is 1.21. The van der Waals surface area contributed by atoms with Crippen LogP contribution in [0.1, 0.15) is 100 Å². The second kappa shape index (κ2) is 7.86. The maximum absolute atomic E-state index is 13.3. The second-order valence-corrected chi connectivity index (χ2v) is 12.7. The van der Waals surface area contributed by atoms with Crippen LogP contribution in [0.2, 0.25) is 0 Å². The summed E-state index contributed by atoms with van der Waals surface area (Å²) in [6.45, 7) is 8.07. The number of carbonyl (C=O) groups excluding carboxylic acids is 1. The molecule has 0 N–H and O–H groups in total. The van der Waals surface area contributed by atoms with Gasteiger partial charge in [-0.05, 0) is 129 Å². The highest BCUT2D eigenvalue weighted by molar-refractivity contribution is 5.98. The van der Waals surface area contributed by atoms with Gasteiger partial charge in [-0.15, -0.1) is 0 Å². The Kier molecular flexibility index (Phi) is 5.17. The van der Waals surface area contributed by atoms with Crippen molar-refractivity contribution in [3.05, 3.63) is 34.9 Å². The fraction of sp³-hybridized carbons (Fsp3) is 0.733. The number of hydrogen-bond donors (Lipinski definition) is 0. The molecule has 0 saturated heterocycles. The lowest BCUT2D eigenvalue weighted by Crippen LogP contribution is -2.51. The van der Waals surface area contributed by atoms with E-state index in [1.165, 1.54) is 57.8 Å². The van der Waals surface area contributed by atoms with Crippen LogP contribution in [0.15, 0.2) is 18.2 Å². The summed E-state index contributed by atoms with van der Waals surface area (Å²) >= 11 is 0. The molecule has 1 aliphatic heterocycles. The van der Waals surface area contributed by atoms with Gasteiger partial charge in [0.15, 0.2) is 0 Å². The lowest BCUT2D eigenvalue weighted by Gasteiger charge is -2.57. The van der Waals surface area contributed by atoms with Gasteiger partial charge in [-0.2, -0.15) is 5.26 Å². The molecule has 4 fully saturated rings. The lowest BCUT2D eigenvalue weighted by molar-refractivity contribution is -0.0747. The van der Waals surface area contributed by atoms with Gasteiger partial charge in [-0.25, -0.2) is 0 Å². The monoisotopic (exact) mass is 444 g/mol. The van der Waals surface area contributed by atoms with E-state index in [0.29, 0.717) is 23.4 Å². The van der Waals surface area contributed by atoms with Crippen LogP contribution in [0.25, 0.3) is 0 Å². The van der Waals surface area contributed by atoms with Crippen molar-refractivity contribution in [1.82, 2.24) is 4.90 Å². The fourth-order valence-corrected chi connectivity index (χ4v) is 9.88. The SMILES string of the molecule is CC1CCC2C(CCC3C2CCC2(C)C3CCC2C(C)N2Cc3cc(C#N)ccc3C2=O)C1. The predicted octanol–water partition coefficient (Wildman–Crippen LogP) is 6.81. The molecule has 1 aromatic rings. The zero-order chi connectivity index (χ0) is 22.9. The summed E-state index contributed by atoms with van der Waals surface area (Å²) in [5, 5.41) is 9.28. The molecule has 0 aromatic heterocycles. The highest BCUT2D eigenvalue weighted by Gasteiger charge is 2.58. The molecule has 4 aliphatic carbocycles. The van der Waals surface area contributed by atoms with Gasteiger partial charge in [0.2, 0.25) is 0 Å². The lowest BCUT2D eigenvalue weighted by atomic mass is 9.49. The van der Waals surface area contributed by atoms with Crippen LogP contribution < -0.4 is 0 Å². The van der Waals surface area contributed by atoms with E-state index in [9.17, 15) is 10.1 Å². The highest BCUT2D eigenvalue weighted by atomic mass is 16.2. The predicted molar refractivity (Wildman–Crippen MR) is 130 cm³/mol. The summed E-state index contributed by atoms with van der Waals surface area (Å²) in [6, 6.07) is 8.09. The minimum absolute atomic E-state index is 0.180. The van der Waals surface area contributed by atoms with Gasteiger partial charge in [-0.3, -0.25) is 4.79 Å². The Morgan fingerprint density at radius 2 is 1.88 bits per heavy atom. The van der Waals surface area contributed by atoms with E-state index in [1.807, 2.05) is 12.1 Å². The first kappa shape index (κ1) is 21.7. The molecule has 4 saturated carbocycles. The van der Waals surface area contributed by atoms with Crippen LogP contribution >= 0.6 is 0 Å². The molecule has 1 amide bonds. The zero-order valence-corrected chi connectivity index (χ0v) is 20.7. The first-order chi connectivity index (χ1) is 15.9. The average Bonchev–Trinajstić information content (AvgIpc) is 3.34. The zero-order valence-electron chi connectivity index (χ0n) is 20.7. The molecule has 0 bridgehead atoms. The van der Waals surface area contributed by atoms with E-state index in [2.05, 4.69) is 31.7 Å². The first-order valence-corrected chi connectivity index (χ1v) is 13.7. The Morgan fingerprint density at radius 3 is 2.70 bits per heavy atom. The van der Waals surface area contributed by atoms with Crippen LogP contribution in [0.5, 0.6) is 0 Å². The van der Waals surface area contributed by atoms with Gasteiger partial charge >= 0.3 is 0 Å². The summed E-state index contributed by atoms with van der Waals surface area (Å²) in [7, 11) is 0. The van der Waals surface area contributed by atoms with Crippen molar-refractivity contribution in [2.75, 3.05) is 0 Å². The summed E-state index contributed by atoms with van der Waals surface area (Å²) < 4.78 is 0. The maximum atomic E-state index is 13.3. The van der Waals surface area contributed by atoms with E-state index in [0.717, 1.165) is 46.6 Å². The molecule has 3 nitrogen and oxygen atoms in total. The van der Waals surface area contributed by atoms with E-state index < -0.39 is 0 Å². The third kappa shape index (κ3) is 3.23. The van der Waals surface area contributed by atoms with Gasteiger partial charge < -0.3 is 4.90 Å². The molecule has 0 radical (unpaired) electrons. The molecular formula is C30H40N2O. The first-order valence-electron chi connectivity index (χ1n) is 13.7. The average molecular weight is 445 g/mol. The van der Waals surface area contributed by atoms with Gasteiger partial charge in [0.1, 0.15) is 0 Å². The molecule has 5 aliphatic rings. The van der Waals surface area contributed by atoms with Gasteiger partial charge in [0, 0.05) is 18.2 Å². The number of benzene rings is 1. The van der Waals surface area contributed by atoms with Gasteiger partial charge in [-0.1, -0.05) is 20.3 Å². The van der Waals surface area contributed by atoms with Crippen molar-refractivity contribution in [1.29, 1.82) is 5.26 Å². The summed E-state index contributed by atoms with van der Waals surface area (Å²) in [5.41, 5.74) is 2.89. The quantitative estimate of drug-likeness (QED) is 0.503.